The first-order valence-electron chi connectivity index (χ1n) is 7.78. The van der Waals surface area contributed by atoms with Crippen LogP contribution in [0.4, 0.5) is 0 Å². The molecule has 1 aromatic heterocycles. The van der Waals surface area contributed by atoms with Gasteiger partial charge in [-0.25, -0.2) is 9.78 Å². The molecule has 0 bridgehead atoms. The molecule has 116 valence electrons. The van der Waals surface area contributed by atoms with Gasteiger partial charge in [0, 0.05) is 12.0 Å². The number of aromatic nitrogens is 3. The van der Waals surface area contributed by atoms with E-state index in [9.17, 15) is 4.79 Å². The predicted molar refractivity (Wildman–Crippen MR) is 83.9 cm³/mol. The van der Waals surface area contributed by atoms with Gasteiger partial charge in [0.2, 0.25) is 0 Å². The van der Waals surface area contributed by atoms with Gasteiger partial charge in [0.1, 0.15) is 5.82 Å². The molecular weight excluding hydrogens is 278 g/mol. The Morgan fingerprint density at radius 1 is 1.41 bits per heavy atom. The standard InChI is InChI=1S/C17H21N3O2/c1-4-15-18-16(20-19-15)14-9-12(17(21)22-3)10(2)8-13(14)11-6-5-7-11/h8-9,11H,4-7H2,1-3H3,(H,18,19,20). The zero-order valence-electron chi connectivity index (χ0n) is 13.3. The van der Waals surface area contributed by atoms with Crippen LogP contribution in [0.15, 0.2) is 12.1 Å². The van der Waals surface area contributed by atoms with Crippen molar-refractivity contribution < 1.29 is 9.53 Å². The lowest BCUT2D eigenvalue weighted by atomic mass is 9.77. The summed E-state index contributed by atoms with van der Waals surface area (Å²) in [6, 6.07) is 3.99. The maximum atomic E-state index is 12.0. The van der Waals surface area contributed by atoms with Crippen molar-refractivity contribution in [2.45, 2.75) is 45.4 Å². The van der Waals surface area contributed by atoms with Gasteiger partial charge in [0.15, 0.2) is 5.82 Å². The van der Waals surface area contributed by atoms with E-state index in [4.69, 9.17) is 4.74 Å². The molecule has 1 fully saturated rings. The van der Waals surface area contributed by atoms with Crippen molar-refractivity contribution in [3.8, 4) is 11.4 Å². The summed E-state index contributed by atoms with van der Waals surface area (Å²) in [5.74, 6) is 1.76. The monoisotopic (exact) mass is 299 g/mol. The molecular formula is C17H21N3O2. The van der Waals surface area contributed by atoms with Gasteiger partial charge >= 0.3 is 5.97 Å². The number of carbonyl (C=O) groups excluding carboxylic acids is 1. The molecule has 0 aliphatic heterocycles. The fraction of sp³-hybridized carbons (Fsp3) is 0.471. The Bertz CT molecular complexity index is 702. The Balaban J connectivity index is 2.13. The normalized spacial score (nSPS) is 14.7. The second kappa shape index (κ2) is 5.91. The third-order valence-electron chi connectivity index (χ3n) is 4.45. The number of hydrogen-bond acceptors (Lipinski definition) is 4. The van der Waals surface area contributed by atoms with Gasteiger partial charge < -0.3 is 4.74 Å². The summed E-state index contributed by atoms with van der Waals surface area (Å²) in [6.07, 6.45) is 4.45. The number of rotatable bonds is 4. The molecule has 1 saturated carbocycles. The van der Waals surface area contributed by atoms with E-state index in [0.717, 1.165) is 23.4 Å². The summed E-state index contributed by atoms with van der Waals surface area (Å²) in [5, 5.41) is 7.28. The number of benzene rings is 1. The molecule has 22 heavy (non-hydrogen) atoms. The van der Waals surface area contributed by atoms with Crippen molar-refractivity contribution in [1.82, 2.24) is 15.2 Å². The van der Waals surface area contributed by atoms with Gasteiger partial charge in [-0.1, -0.05) is 19.4 Å². The van der Waals surface area contributed by atoms with Crippen molar-refractivity contribution in [3.05, 3.63) is 34.6 Å². The number of H-pyrrole nitrogens is 1. The number of aromatic amines is 1. The van der Waals surface area contributed by atoms with Crippen molar-refractivity contribution in [3.63, 3.8) is 0 Å². The van der Waals surface area contributed by atoms with Gasteiger partial charge in [-0.3, -0.25) is 5.10 Å². The first-order valence-corrected chi connectivity index (χ1v) is 7.78. The fourth-order valence-electron chi connectivity index (χ4n) is 2.88. The quantitative estimate of drug-likeness (QED) is 0.879. The second-order valence-electron chi connectivity index (χ2n) is 5.83. The number of esters is 1. The average molecular weight is 299 g/mol. The molecule has 1 N–H and O–H groups in total. The number of methoxy groups -OCH3 is 1. The van der Waals surface area contributed by atoms with E-state index in [1.54, 1.807) is 0 Å². The second-order valence-corrected chi connectivity index (χ2v) is 5.83. The molecule has 0 unspecified atom stereocenters. The van der Waals surface area contributed by atoms with Crippen LogP contribution >= 0.6 is 0 Å². The van der Waals surface area contributed by atoms with Crippen LogP contribution in [0.3, 0.4) is 0 Å². The largest absolute Gasteiger partial charge is 0.465 e. The molecule has 5 nitrogen and oxygen atoms in total. The molecule has 0 spiro atoms. The van der Waals surface area contributed by atoms with Crippen LogP contribution in [-0.2, 0) is 11.2 Å². The fourth-order valence-corrected chi connectivity index (χ4v) is 2.88. The lowest BCUT2D eigenvalue weighted by Gasteiger charge is -2.28. The number of nitrogens with zero attached hydrogens (tertiary/aromatic N) is 2. The maximum absolute atomic E-state index is 12.0. The smallest absolute Gasteiger partial charge is 0.338 e. The highest BCUT2D eigenvalue weighted by atomic mass is 16.5. The first-order chi connectivity index (χ1) is 10.6. The summed E-state index contributed by atoms with van der Waals surface area (Å²) >= 11 is 0. The molecule has 1 aliphatic rings. The molecule has 1 aromatic carbocycles. The van der Waals surface area contributed by atoms with Gasteiger partial charge in [0.25, 0.3) is 0 Å². The molecule has 3 rings (SSSR count). The van der Waals surface area contributed by atoms with Crippen molar-refractivity contribution in [2.75, 3.05) is 7.11 Å². The molecule has 0 atom stereocenters. The van der Waals surface area contributed by atoms with Crippen LogP contribution in [0.25, 0.3) is 11.4 Å². The lowest BCUT2D eigenvalue weighted by Crippen LogP contribution is -2.13. The van der Waals surface area contributed by atoms with E-state index in [1.807, 2.05) is 19.9 Å². The first kappa shape index (κ1) is 14.8. The van der Waals surface area contributed by atoms with Crippen LogP contribution in [0.2, 0.25) is 0 Å². The highest BCUT2D eigenvalue weighted by Gasteiger charge is 2.26. The van der Waals surface area contributed by atoms with Crippen LogP contribution in [-0.4, -0.2) is 28.3 Å². The Hall–Kier alpha value is -2.17. The summed E-state index contributed by atoms with van der Waals surface area (Å²) in [7, 11) is 1.41. The van der Waals surface area contributed by atoms with Gasteiger partial charge in [0.05, 0.1) is 12.7 Å². The lowest BCUT2D eigenvalue weighted by molar-refractivity contribution is 0.0600. The van der Waals surface area contributed by atoms with Gasteiger partial charge in [-0.15, -0.1) is 0 Å². The maximum Gasteiger partial charge on any atom is 0.338 e. The Kier molecular flexibility index (Phi) is 3.96. The third kappa shape index (κ3) is 2.51. The number of nitrogens with one attached hydrogen (secondary N) is 1. The predicted octanol–water partition coefficient (Wildman–Crippen LogP) is 3.40. The number of carbonyl (C=O) groups is 1. The van der Waals surface area contributed by atoms with E-state index in [2.05, 4.69) is 21.2 Å². The zero-order valence-corrected chi connectivity index (χ0v) is 13.3. The summed E-state index contributed by atoms with van der Waals surface area (Å²) < 4.78 is 4.89. The van der Waals surface area contributed by atoms with Crippen molar-refractivity contribution in [1.29, 1.82) is 0 Å². The van der Waals surface area contributed by atoms with Crippen LogP contribution in [0, 0.1) is 6.92 Å². The molecule has 1 heterocycles. The number of hydrogen-bond donors (Lipinski definition) is 1. The molecule has 0 radical (unpaired) electrons. The molecule has 5 heteroatoms. The minimum absolute atomic E-state index is 0.315. The third-order valence-corrected chi connectivity index (χ3v) is 4.45. The summed E-state index contributed by atoms with van der Waals surface area (Å²) in [6.45, 7) is 3.99. The molecule has 0 saturated heterocycles. The van der Waals surface area contributed by atoms with E-state index >= 15 is 0 Å². The summed E-state index contributed by atoms with van der Waals surface area (Å²) in [5.41, 5.74) is 3.73. The Morgan fingerprint density at radius 2 is 2.18 bits per heavy atom. The highest BCUT2D eigenvalue weighted by molar-refractivity contribution is 5.92. The number of ether oxygens (including phenoxy) is 1. The molecule has 2 aromatic rings. The SMILES string of the molecule is CCc1nc(-c2cc(C(=O)OC)c(C)cc2C2CCC2)n[nH]1. The zero-order chi connectivity index (χ0) is 15.7. The molecule has 0 amide bonds. The van der Waals surface area contributed by atoms with E-state index in [-0.39, 0.29) is 5.97 Å². The van der Waals surface area contributed by atoms with Crippen LogP contribution in [0.1, 0.15) is 59.4 Å². The molecule has 1 aliphatic carbocycles. The van der Waals surface area contributed by atoms with Crippen LogP contribution in [0.5, 0.6) is 0 Å². The van der Waals surface area contributed by atoms with Gasteiger partial charge in [-0.05, 0) is 42.9 Å². The van der Waals surface area contributed by atoms with Gasteiger partial charge in [-0.2, -0.15) is 5.10 Å². The van der Waals surface area contributed by atoms with E-state index < -0.39 is 0 Å². The highest BCUT2D eigenvalue weighted by Crippen LogP contribution is 2.41. The van der Waals surface area contributed by atoms with Crippen LogP contribution < -0.4 is 0 Å². The topological polar surface area (TPSA) is 67.9 Å². The van der Waals surface area contributed by atoms with Crippen molar-refractivity contribution in [2.24, 2.45) is 0 Å². The Labute approximate surface area is 130 Å². The Morgan fingerprint density at radius 3 is 2.73 bits per heavy atom. The van der Waals surface area contributed by atoms with E-state index in [1.165, 1.54) is 31.9 Å². The minimum atomic E-state index is -0.315. The average Bonchev–Trinajstić information content (AvgIpc) is 2.93. The summed E-state index contributed by atoms with van der Waals surface area (Å²) in [4.78, 5) is 16.5. The van der Waals surface area contributed by atoms with Crippen molar-refractivity contribution >= 4 is 5.97 Å². The minimum Gasteiger partial charge on any atom is -0.465 e. The van der Waals surface area contributed by atoms with E-state index in [0.29, 0.717) is 17.3 Å². The number of aryl methyl sites for hydroxylation is 2.